The Hall–Kier alpha value is -2.35. The van der Waals surface area contributed by atoms with E-state index in [1.54, 1.807) is 26.1 Å². The summed E-state index contributed by atoms with van der Waals surface area (Å²) in [7, 11) is 1.71. The van der Waals surface area contributed by atoms with Gasteiger partial charge >= 0.3 is 6.03 Å². The maximum atomic E-state index is 13.3. The van der Waals surface area contributed by atoms with Crippen LogP contribution in [-0.4, -0.2) is 48.5 Å². The minimum absolute atomic E-state index is 0.0641. The third-order valence-corrected chi connectivity index (χ3v) is 5.62. The van der Waals surface area contributed by atoms with E-state index < -0.39 is 17.4 Å². The van der Waals surface area contributed by atoms with Crippen molar-refractivity contribution < 1.29 is 14.0 Å². The van der Waals surface area contributed by atoms with Crippen LogP contribution in [0.2, 0.25) is 5.02 Å². The largest absolute Gasteiger partial charge is 0.352 e. The number of urea groups is 1. The number of hydrogen-bond acceptors (Lipinski definition) is 3. The van der Waals surface area contributed by atoms with Crippen LogP contribution in [0.15, 0.2) is 23.2 Å². The van der Waals surface area contributed by atoms with E-state index in [0.717, 1.165) is 24.4 Å². The number of halogens is 2. The summed E-state index contributed by atoms with van der Waals surface area (Å²) in [6.07, 6.45) is 1.51. The molecule has 9 heteroatoms. The average Bonchev–Trinajstić information content (AvgIpc) is 2.92. The van der Waals surface area contributed by atoms with Gasteiger partial charge in [0.05, 0.1) is 5.02 Å². The Labute approximate surface area is 162 Å². The molecule has 0 spiro atoms. The van der Waals surface area contributed by atoms with Crippen LogP contribution in [0.3, 0.4) is 0 Å². The van der Waals surface area contributed by atoms with Crippen molar-refractivity contribution in [2.45, 2.75) is 31.8 Å². The van der Waals surface area contributed by atoms with Gasteiger partial charge in [0, 0.05) is 26.7 Å². The lowest BCUT2D eigenvalue weighted by Gasteiger charge is -2.39. The summed E-state index contributed by atoms with van der Waals surface area (Å²) in [5.41, 5.74) is 0.000579. The Morgan fingerprint density at radius 3 is 2.67 bits per heavy atom. The van der Waals surface area contributed by atoms with Crippen LogP contribution in [0.4, 0.5) is 9.18 Å². The van der Waals surface area contributed by atoms with Crippen molar-refractivity contribution in [2.75, 3.05) is 20.1 Å². The SMILES string of the molecule is CN=C(NCc1ccc(F)c(Cl)c1)N1CCC(C2(C)NC(=O)NC2=O)CC1. The van der Waals surface area contributed by atoms with Gasteiger partial charge in [-0.2, -0.15) is 0 Å². The molecule has 1 atom stereocenters. The molecule has 146 valence electrons. The molecular formula is C18H23ClFN5O2. The Morgan fingerprint density at radius 1 is 1.41 bits per heavy atom. The number of benzene rings is 1. The van der Waals surface area contributed by atoms with E-state index in [2.05, 4.69) is 25.8 Å². The predicted octanol–water partition coefficient (Wildman–Crippen LogP) is 1.86. The highest BCUT2D eigenvalue weighted by Crippen LogP contribution is 2.30. The standard InChI is InChI=1S/C18H23ClFN5O2/c1-18(15(26)23-17(27)24-18)12-5-7-25(8-6-12)16(21-2)22-10-11-3-4-14(20)13(19)9-11/h3-4,9,12H,5-8,10H2,1-2H3,(H,21,22)(H2,23,24,26,27). The lowest BCUT2D eigenvalue weighted by Crippen LogP contribution is -2.55. The van der Waals surface area contributed by atoms with Crippen LogP contribution in [0.5, 0.6) is 0 Å². The first-order valence-electron chi connectivity index (χ1n) is 8.86. The van der Waals surface area contributed by atoms with Crippen molar-refractivity contribution >= 4 is 29.5 Å². The number of hydrogen-bond donors (Lipinski definition) is 3. The molecule has 2 aliphatic rings. The topological polar surface area (TPSA) is 85.8 Å². The van der Waals surface area contributed by atoms with Gasteiger partial charge < -0.3 is 15.5 Å². The summed E-state index contributed by atoms with van der Waals surface area (Å²) in [4.78, 5) is 30.0. The molecule has 2 fully saturated rings. The molecule has 1 aromatic rings. The van der Waals surface area contributed by atoms with E-state index in [9.17, 15) is 14.0 Å². The van der Waals surface area contributed by atoms with Crippen LogP contribution in [0.1, 0.15) is 25.3 Å². The summed E-state index contributed by atoms with van der Waals surface area (Å²) in [5.74, 6) is 0.0956. The molecule has 0 aromatic heterocycles. The molecule has 0 bridgehead atoms. The van der Waals surface area contributed by atoms with Gasteiger partial charge in [-0.25, -0.2) is 9.18 Å². The highest BCUT2D eigenvalue weighted by molar-refractivity contribution is 6.30. The van der Waals surface area contributed by atoms with Gasteiger partial charge in [0.15, 0.2) is 5.96 Å². The maximum Gasteiger partial charge on any atom is 0.322 e. The summed E-state index contributed by atoms with van der Waals surface area (Å²) in [6, 6.07) is 4.18. The maximum absolute atomic E-state index is 13.3. The van der Waals surface area contributed by atoms with Crippen LogP contribution in [-0.2, 0) is 11.3 Å². The first-order chi connectivity index (χ1) is 12.8. The number of nitrogens with zero attached hydrogens (tertiary/aromatic N) is 2. The van der Waals surface area contributed by atoms with Gasteiger partial charge in [0.25, 0.3) is 5.91 Å². The molecule has 3 amide bonds. The van der Waals surface area contributed by atoms with Crippen molar-refractivity contribution in [3.05, 3.63) is 34.6 Å². The Morgan fingerprint density at radius 2 is 2.11 bits per heavy atom. The molecule has 7 nitrogen and oxygen atoms in total. The number of carbonyl (C=O) groups is 2. The summed E-state index contributed by atoms with van der Waals surface area (Å²) in [5, 5.41) is 8.43. The third kappa shape index (κ3) is 4.00. The zero-order valence-electron chi connectivity index (χ0n) is 15.3. The van der Waals surface area contributed by atoms with Crippen molar-refractivity contribution in [2.24, 2.45) is 10.9 Å². The molecular weight excluding hydrogens is 373 g/mol. The van der Waals surface area contributed by atoms with Crippen molar-refractivity contribution in [3.8, 4) is 0 Å². The zero-order chi connectivity index (χ0) is 19.6. The molecule has 27 heavy (non-hydrogen) atoms. The van der Waals surface area contributed by atoms with Crippen molar-refractivity contribution in [1.82, 2.24) is 20.9 Å². The molecule has 0 saturated carbocycles. The molecule has 0 radical (unpaired) electrons. The molecule has 2 saturated heterocycles. The minimum atomic E-state index is -0.856. The first kappa shape index (κ1) is 19.4. The van der Waals surface area contributed by atoms with E-state index in [-0.39, 0.29) is 16.8 Å². The molecule has 2 heterocycles. The molecule has 3 rings (SSSR count). The van der Waals surface area contributed by atoms with Crippen LogP contribution >= 0.6 is 11.6 Å². The number of carbonyl (C=O) groups excluding carboxylic acids is 2. The number of rotatable bonds is 3. The van der Waals surface area contributed by atoms with Gasteiger partial charge in [-0.15, -0.1) is 0 Å². The fourth-order valence-electron chi connectivity index (χ4n) is 3.68. The Kier molecular flexibility index (Phi) is 5.55. The number of guanidine groups is 1. The highest BCUT2D eigenvalue weighted by Gasteiger charge is 2.48. The Balaban J connectivity index is 1.56. The molecule has 2 aliphatic heterocycles. The predicted molar refractivity (Wildman–Crippen MR) is 101 cm³/mol. The number of amides is 3. The second kappa shape index (κ2) is 7.72. The number of aliphatic imine (C=N–C) groups is 1. The zero-order valence-corrected chi connectivity index (χ0v) is 16.1. The van der Waals surface area contributed by atoms with Gasteiger partial charge in [-0.1, -0.05) is 17.7 Å². The highest BCUT2D eigenvalue weighted by atomic mass is 35.5. The monoisotopic (exact) mass is 395 g/mol. The minimum Gasteiger partial charge on any atom is -0.352 e. The van der Waals surface area contributed by atoms with Gasteiger partial charge in [-0.3, -0.25) is 15.1 Å². The van der Waals surface area contributed by atoms with E-state index in [4.69, 9.17) is 11.6 Å². The second-order valence-electron chi connectivity index (χ2n) is 7.02. The van der Waals surface area contributed by atoms with E-state index in [1.807, 2.05) is 0 Å². The lowest BCUT2D eigenvalue weighted by molar-refractivity contribution is -0.125. The lowest BCUT2D eigenvalue weighted by atomic mass is 9.79. The normalized spacial score (nSPS) is 24.0. The number of likely N-dealkylation sites (tertiary alicyclic amines) is 1. The number of piperidine rings is 1. The fraction of sp³-hybridized carbons (Fsp3) is 0.500. The van der Waals surface area contributed by atoms with Crippen LogP contribution in [0, 0.1) is 11.7 Å². The fourth-order valence-corrected chi connectivity index (χ4v) is 3.88. The summed E-state index contributed by atoms with van der Waals surface area (Å²) < 4.78 is 13.3. The smallest absolute Gasteiger partial charge is 0.322 e. The van der Waals surface area contributed by atoms with Crippen molar-refractivity contribution in [3.63, 3.8) is 0 Å². The van der Waals surface area contributed by atoms with Gasteiger partial charge in [0.2, 0.25) is 0 Å². The van der Waals surface area contributed by atoms with E-state index >= 15 is 0 Å². The third-order valence-electron chi connectivity index (χ3n) is 5.33. The van der Waals surface area contributed by atoms with Gasteiger partial charge in [-0.05, 0) is 43.4 Å². The second-order valence-corrected chi connectivity index (χ2v) is 7.43. The summed E-state index contributed by atoms with van der Waals surface area (Å²) >= 11 is 5.82. The molecule has 0 aliphatic carbocycles. The number of nitrogens with one attached hydrogen (secondary N) is 3. The first-order valence-corrected chi connectivity index (χ1v) is 9.24. The van der Waals surface area contributed by atoms with Crippen LogP contribution < -0.4 is 16.0 Å². The van der Waals surface area contributed by atoms with E-state index in [1.165, 1.54) is 6.07 Å². The van der Waals surface area contributed by atoms with Crippen LogP contribution in [0.25, 0.3) is 0 Å². The van der Waals surface area contributed by atoms with Gasteiger partial charge in [0.1, 0.15) is 11.4 Å². The van der Waals surface area contributed by atoms with Crippen molar-refractivity contribution in [1.29, 1.82) is 0 Å². The molecule has 3 N–H and O–H groups in total. The molecule has 1 aromatic carbocycles. The van der Waals surface area contributed by atoms with E-state index in [0.29, 0.717) is 19.6 Å². The quantitative estimate of drug-likeness (QED) is 0.414. The number of imide groups is 1. The molecule has 1 unspecified atom stereocenters. The average molecular weight is 396 g/mol. The Bertz CT molecular complexity index is 779. The summed E-state index contributed by atoms with van der Waals surface area (Å²) in [6.45, 7) is 3.68.